The lowest BCUT2D eigenvalue weighted by Gasteiger charge is -2.45. The van der Waals surface area contributed by atoms with Crippen LogP contribution in [0.15, 0.2) is 54.6 Å². The summed E-state index contributed by atoms with van der Waals surface area (Å²) in [5.41, 5.74) is 0.284. The van der Waals surface area contributed by atoms with Crippen LogP contribution in [0.1, 0.15) is 57.1 Å². The monoisotopic (exact) mass is 534 g/mol. The first-order valence-corrected chi connectivity index (χ1v) is 12.9. The molecule has 2 atom stereocenters. The molecule has 2 fully saturated rings. The van der Waals surface area contributed by atoms with Gasteiger partial charge in [0.05, 0.1) is 0 Å². The molecule has 4 rings (SSSR count). The van der Waals surface area contributed by atoms with E-state index in [4.69, 9.17) is 4.74 Å². The largest absolute Gasteiger partial charge is 0.471 e. The first-order valence-electron chi connectivity index (χ1n) is 12.9. The summed E-state index contributed by atoms with van der Waals surface area (Å²) < 4.78 is 60.4. The second kappa shape index (κ2) is 10.6. The summed E-state index contributed by atoms with van der Waals surface area (Å²) in [6, 6.07) is 14.6. The molecule has 1 heterocycles. The fourth-order valence-electron chi connectivity index (χ4n) is 5.36. The van der Waals surface area contributed by atoms with Crippen LogP contribution < -0.4 is 0 Å². The number of halogens is 4. The summed E-state index contributed by atoms with van der Waals surface area (Å²) in [6.07, 6.45) is -3.88. The zero-order chi connectivity index (χ0) is 27.7. The van der Waals surface area contributed by atoms with Crippen LogP contribution in [0, 0.1) is 11.2 Å². The first kappa shape index (κ1) is 27.9. The lowest BCUT2D eigenvalue weighted by Crippen LogP contribution is -2.53. The van der Waals surface area contributed by atoms with Crippen molar-refractivity contribution in [2.24, 2.45) is 5.41 Å². The Hall–Kier alpha value is -3.10. The van der Waals surface area contributed by atoms with E-state index in [1.54, 1.807) is 37.8 Å². The van der Waals surface area contributed by atoms with E-state index in [2.05, 4.69) is 0 Å². The van der Waals surface area contributed by atoms with Gasteiger partial charge in [-0.15, -0.1) is 0 Å². The third-order valence-corrected chi connectivity index (χ3v) is 7.36. The number of ether oxygens (including phenoxy) is 1. The van der Waals surface area contributed by atoms with Crippen molar-refractivity contribution in [1.82, 2.24) is 9.80 Å². The number of benzene rings is 2. The molecule has 1 aliphatic carbocycles. The minimum absolute atomic E-state index is 0.0983. The van der Waals surface area contributed by atoms with Gasteiger partial charge < -0.3 is 14.5 Å². The smallest absolute Gasteiger partial charge is 0.444 e. The fourth-order valence-corrected chi connectivity index (χ4v) is 5.36. The van der Waals surface area contributed by atoms with Gasteiger partial charge in [-0.1, -0.05) is 42.5 Å². The van der Waals surface area contributed by atoms with Crippen molar-refractivity contribution in [2.45, 2.75) is 70.2 Å². The molecular formula is C29H34F4N2O3. The molecule has 1 saturated carbocycles. The maximum Gasteiger partial charge on any atom is 0.471 e. The average molecular weight is 535 g/mol. The molecule has 206 valence electrons. The molecule has 0 spiro atoms. The molecule has 2 amide bonds. The van der Waals surface area contributed by atoms with E-state index in [1.807, 2.05) is 30.3 Å². The van der Waals surface area contributed by atoms with E-state index in [0.717, 1.165) is 16.0 Å². The van der Waals surface area contributed by atoms with Crippen molar-refractivity contribution >= 4 is 12.0 Å². The predicted molar refractivity (Wildman–Crippen MR) is 135 cm³/mol. The third kappa shape index (κ3) is 6.85. The fraction of sp³-hybridized carbons (Fsp3) is 0.517. The molecule has 0 aromatic heterocycles. The number of rotatable bonds is 6. The van der Waals surface area contributed by atoms with Gasteiger partial charge >= 0.3 is 18.2 Å². The summed E-state index contributed by atoms with van der Waals surface area (Å²) in [5, 5.41) is 0. The van der Waals surface area contributed by atoms with Crippen molar-refractivity contribution in [3.05, 3.63) is 71.5 Å². The number of hydrogen-bond acceptors (Lipinski definition) is 3. The van der Waals surface area contributed by atoms with E-state index >= 15 is 0 Å². The molecular weight excluding hydrogens is 500 g/mol. The highest BCUT2D eigenvalue weighted by Crippen LogP contribution is 2.48. The maximum absolute atomic E-state index is 13.8. The van der Waals surface area contributed by atoms with Crippen LogP contribution in [0.2, 0.25) is 0 Å². The Labute approximate surface area is 220 Å². The summed E-state index contributed by atoms with van der Waals surface area (Å²) >= 11 is 0. The van der Waals surface area contributed by atoms with E-state index in [0.29, 0.717) is 25.7 Å². The number of carbonyl (C=O) groups is 2. The van der Waals surface area contributed by atoms with E-state index in [-0.39, 0.29) is 25.6 Å². The molecule has 0 bridgehead atoms. The number of piperidine rings is 1. The SMILES string of the molecule is CC(C)(C)OC(=O)N1CCC(Cc2ccc(F)cc2)(CN(C(=O)C(F)(F)F)C2CC2c2ccccc2)CC1. The Kier molecular flexibility index (Phi) is 7.77. The van der Waals surface area contributed by atoms with Crippen molar-refractivity contribution in [3.63, 3.8) is 0 Å². The standard InChI is InChI=1S/C29H34F4N2O3/c1-27(2,3)38-26(37)34-15-13-28(14-16-34,18-20-9-11-22(30)12-10-20)19-35(25(36)29(31,32)33)24-17-23(24)21-7-5-4-6-8-21/h4-12,23-24H,13-19H2,1-3H3. The van der Waals surface area contributed by atoms with Crippen LogP contribution in [-0.2, 0) is 16.0 Å². The Morgan fingerprint density at radius 1 is 1.00 bits per heavy atom. The summed E-state index contributed by atoms with van der Waals surface area (Å²) in [7, 11) is 0. The van der Waals surface area contributed by atoms with Gasteiger partial charge in [-0.2, -0.15) is 13.2 Å². The second-order valence-electron chi connectivity index (χ2n) is 11.5. The van der Waals surface area contributed by atoms with Gasteiger partial charge in [0.1, 0.15) is 11.4 Å². The van der Waals surface area contributed by atoms with Crippen LogP contribution in [-0.4, -0.2) is 59.3 Å². The van der Waals surface area contributed by atoms with E-state index < -0.39 is 41.1 Å². The maximum atomic E-state index is 13.8. The van der Waals surface area contributed by atoms with Crippen LogP contribution >= 0.6 is 0 Å². The topological polar surface area (TPSA) is 49.9 Å². The molecule has 9 heteroatoms. The molecule has 1 aliphatic heterocycles. The van der Waals surface area contributed by atoms with Crippen LogP contribution in [0.5, 0.6) is 0 Å². The number of likely N-dealkylation sites (tertiary alicyclic amines) is 1. The zero-order valence-electron chi connectivity index (χ0n) is 21.9. The Morgan fingerprint density at radius 3 is 2.16 bits per heavy atom. The Morgan fingerprint density at radius 2 is 1.61 bits per heavy atom. The number of hydrogen-bond donors (Lipinski definition) is 0. The van der Waals surface area contributed by atoms with Gasteiger partial charge in [0.2, 0.25) is 0 Å². The van der Waals surface area contributed by atoms with Gasteiger partial charge in [-0.3, -0.25) is 4.79 Å². The molecule has 38 heavy (non-hydrogen) atoms. The van der Waals surface area contributed by atoms with Gasteiger partial charge in [-0.25, -0.2) is 9.18 Å². The number of carbonyl (C=O) groups excluding carboxylic acids is 2. The van der Waals surface area contributed by atoms with Gasteiger partial charge in [0.25, 0.3) is 0 Å². The highest BCUT2D eigenvalue weighted by Gasteiger charge is 2.54. The predicted octanol–water partition coefficient (Wildman–Crippen LogP) is 6.33. The molecule has 2 unspecified atom stereocenters. The first-order chi connectivity index (χ1) is 17.8. The molecule has 1 saturated heterocycles. The minimum Gasteiger partial charge on any atom is -0.444 e. The quantitative estimate of drug-likeness (QED) is 0.407. The van der Waals surface area contributed by atoms with Crippen LogP contribution in [0.3, 0.4) is 0 Å². The van der Waals surface area contributed by atoms with E-state index in [9.17, 15) is 27.2 Å². The highest BCUT2D eigenvalue weighted by atomic mass is 19.4. The molecule has 0 radical (unpaired) electrons. The van der Waals surface area contributed by atoms with Gasteiger partial charge in [0, 0.05) is 31.6 Å². The molecule has 2 aromatic carbocycles. The average Bonchev–Trinajstić information content (AvgIpc) is 3.64. The summed E-state index contributed by atoms with van der Waals surface area (Å²) in [4.78, 5) is 27.9. The van der Waals surface area contributed by atoms with Crippen molar-refractivity contribution in [1.29, 1.82) is 0 Å². The minimum atomic E-state index is -5.00. The Bertz CT molecular complexity index is 1120. The molecule has 0 N–H and O–H groups in total. The number of nitrogens with zero attached hydrogens (tertiary/aromatic N) is 2. The van der Waals surface area contributed by atoms with E-state index in [1.165, 1.54) is 12.1 Å². The zero-order valence-corrected chi connectivity index (χ0v) is 21.9. The van der Waals surface area contributed by atoms with Crippen LogP contribution in [0.4, 0.5) is 22.4 Å². The van der Waals surface area contributed by atoms with Crippen molar-refractivity contribution in [2.75, 3.05) is 19.6 Å². The lowest BCUT2D eigenvalue weighted by molar-refractivity contribution is -0.188. The summed E-state index contributed by atoms with van der Waals surface area (Å²) in [6.45, 7) is 5.79. The number of amides is 2. The van der Waals surface area contributed by atoms with Crippen LogP contribution in [0.25, 0.3) is 0 Å². The molecule has 5 nitrogen and oxygen atoms in total. The normalized spacial score (nSPS) is 21.1. The third-order valence-electron chi connectivity index (χ3n) is 7.36. The lowest BCUT2D eigenvalue weighted by atomic mass is 9.73. The van der Waals surface area contributed by atoms with Crippen molar-refractivity contribution < 1.29 is 31.9 Å². The Balaban J connectivity index is 1.59. The molecule has 2 aliphatic rings. The van der Waals surface area contributed by atoms with Gasteiger partial charge in [0.15, 0.2) is 0 Å². The second-order valence-corrected chi connectivity index (χ2v) is 11.5. The highest BCUT2D eigenvalue weighted by molar-refractivity contribution is 5.82. The molecule has 2 aromatic rings. The van der Waals surface area contributed by atoms with Crippen molar-refractivity contribution in [3.8, 4) is 0 Å². The van der Waals surface area contributed by atoms with Gasteiger partial charge in [-0.05, 0) is 75.1 Å². The number of alkyl halides is 3. The summed E-state index contributed by atoms with van der Waals surface area (Å²) in [5.74, 6) is -2.40.